The Morgan fingerprint density at radius 1 is 1.35 bits per heavy atom. The maximum absolute atomic E-state index is 4.04. The van der Waals surface area contributed by atoms with E-state index in [1.165, 1.54) is 37.7 Å². The maximum Gasteiger partial charge on any atom is 0.101 e. The van der Waals surface area contributed by atoms with Crippen LogP contribution >= 0.6 is 0 Å². The summed E-state index contributed by atoms with van der Waals surface area (Å²) in [5, 5.41) is 3.44. The van der Waals surface area contributed by atoms with Gasteiger partial charge in [-0.05, 0) is 30.6 Å². The summed E-state index contributed by atoms with van der Waals surface area (Å²) in [5.74, 6) is 0.855. The molecule has 0 saturated heterocycles. The van der Waals surface area contributed by atoms with Crippen LogP contribution in [0.25, 0.3) is 0 Å². The molecule has 0 saturated carbocycles. The van der Waals surface area contributed by atoms with Gasteiger partial charge in [-0.1, -0.05) is 53.4 Å². The molecule has 0 aliphatic heterocycles. The van der Waals surface area contributed by atoms with Gasteiger partial charge in [-0.3, -0.25) is 0 Å². The largest absolute Gasteiger partial charge is 0.389 e. The van der Waals surface area contributed by atoms with Crippen LogP contribution in [0.2, 0.25) is 6.32 Å². The lowest BCUT2D eigenvalue weighted by Gasteiger charge is -2.33. The number of hydrogen-bond donors (Lipinski definition) is 1. The maximum atomic E-state index is 4.04. The minimum Gasteiger partial charge on any atom is -0.389 e. The summed E-state index contributed by atoms with van der Waals surface area (Å²) in [5.41, 5.74) is 1.70. The first-order valence-corrected chi connectivity index (χ1v) is 7.39. The van der Waals surface area contributed by atoms with Gasteiger partial charge >= 0.3 is 0 Å². The number of nitrogens with one attached hydrogen (secondary N) is 1. The van der Waals surface area contributed by atoms with Crippen LogP contribution in [-0.4, -0.2) is 14.4 Å². The van der Waals surface area contributed by atoms with E-state index in [1.807, 2.05) is 0 Å². The van der Waals surface area contributed by atoms with E-state index in [4.69, 9.17) is 0 Å². The standard InChI is InChI=1S/C15H32BN/c1-6-9-13(3)17-11-8-10-14(12-16)15(4,5)7-2/h14,17H,3,6-12,16H2,1-2,4-5H3. The van der Waals surface area contributed by atoms with Gasteiger partial charge in [0.25, 0.3) is 0 Å². The molecular formula is C15H32BN. The highest BCUT2D eigenvalue weighted by molar-refractivity contribution is 6.08. The van der Waals surface area contributed by atoms with Crippen LogP contribution in [-0.2, 0) is 0 Å². The van der Waals surface area contributed by atoms with E-state index in [-0.39, 0.29) is 0 Å². The Morgan fingerprint density at radius 3 is 2.47 bits per heavy atom. The first-order valence-electron chi connectivity index (χ1n) is 7.39. The smallest absolute Gasteiger partial charge is 0.101 e. The normalized spacial score (nSPS) is 13.4. The van der Waals surface area contributed by atoms with Crippen molar-refractivity contribution in [2.24, 2.45) is 11.3 Å². The highest BCUT2D eigenvalue weighted by Gasteiger charge is 2.25. The molecule has 0 aromatic heterocycles. The lowest BCUT2D eigenvalue weighted by Crippen LogP contribution is -2.24. The highest BCUT2D eigenvalue weighted by atomic mass is 14.9. The highest BCUT2D eigenvalue weighted by Crippen LogP contribution is 2.35. The molecule has 0 spiro atoms. The van der Waals surface area contributed by atoms with Crippen molar-refractivity contribution in [2.75, 3.05) is 6.54 Å². The quantitative estimate of drug-likeness (QED) is 0.450. The molecule has 0 amide bonds. The monoisotopic (exact) mass is 237 g/mol. The Labute approximate surface area is 110 Å². The predicted molar refractivity (Wildman–Crippen MR) is 82.2 cm³/mol. The zero-order valence-corrected chi connectivity index (χ0v) is 12.7. The Hall–Kier alpha value is -0.395. The fourth-order valence-electron chi connectivity index (χ4n) is 2.44. The van der Waals surface area contributed by atoms with Crippen LogP contribution in [0.1, 0.15) is 59.8 Å². The van der Waals surface area contributed by atoms with Crippen molar-refractivity contribution < 1.29 is 0 Å². The molecule has 17 heavy (non-hydrogen) atoms. The predicted octanol–water partition coefficient (Wildman–Crippen LogP) is 3.77. The van der Waals surface area contributed by atoms with Crippen LogP contribution in [0.15, 0.2) is 12.3 Å². The molecule has 0 aromatic carbocycles. The van der Waals surface area contributed by atoms with Crippen LogP contribution in [0, 0.1) is 11.3 Å². The van der Waals surface area contributed by atoms with Gasteiger partial charge in [0, 0.05) is 12.2 Å². The fourth-order valence-corrected chi connectivity index (χ4v) is 2.44. The zero-order chi connectivity index (χ0) is 13.3. The molecule has 0 radical (unpaired) electrons. The van der Waals surface area contributed by atoms with Gasteiger partial charge in [0.1, 0.15) is 7.85 Å². The van der Waals surface area contributed by atoms with Crippen LogP contribution in [0.4, 0.5) is 0 Å². The Kier molecular flexibility index (Phi) is 8.46. The van der Waals surface area contributed by atoms with E-state index >= 15 is 0 Å². The van der Waals surface area contributed by atoms with Crippen molar-refractivity contribution in [3.63, 3.8) is 0 Å². The van der Waals surface area contributed by atoms with E-state index in [9.17, 15) is 0 Å². The van der Waals surface area contributed by atoms with E-state index in [1.54, 1.807) is 0 Å². The molecule has 0 fully saturated rings. The second-order valence-electron chi connectivity index (χ2n) is 5.87. The first-order chi connectivity index (χ1) is 7.97. The number of rotatable bonds is 10. The summed E-state index contributed by atoms with van der Waals surface area (Å²) in [7, 11) is 2.32. The molecule has 2 heteroatoms. The van der Waals surface area contributed by atoms with Crippen molar-refractivity contribution in [2.45, 2.75) is 66.1 Å². The third kappa shape index (κ3) is 6.80. The second kappa shape index (κ2) is 8.66. The molecular weight excluding hydrogens is 205 g/mol. The first kappa shape index (κ1) is 16.6. The molecule has 1 N–H and O–H groups in total. The average Bonchev–Trinajstić information content (AvgIpc) is 2.29. The summed E-state index contributed by atoms with van der Waals surface area (Å²) in [4.78, 5) is 0. The van der Waals surface area contributed by atoms with Crippen LogP contribution in [0.5, 0.6) is 0 Å². The molecule has 0 aliphatic rings. The van der Waals surface area contributed by atoms with Gasteiger partial charge in [0.2, 0.25) is 0 Å². The van der Waals surface area contributed by atoms with Crippen molar-refractivity contribution in [3.05, 3.63) is 12.3 Å². The average molecular weight is 237 g/mol. The van der Waals surface area contributed by atoms with E-state index < -0.39 is 0 Å². The molecule has 0 heterocycles. The summed E-state index contributed by atoms with van der Waals surface area (Å²) < 4.78 is 0. The topological polar surface area (TPSA) is 12.0 Å². The van der Waals surface area contributed by atoms with E-state index in [2.05, 4.69) is 47.4 Å². The number of allylic oxidation sites excluding steroid dienone is 1. The summed E-state index contributed by atoms with van der Waals surface area (Å²) in [6.45, 7) is 14.4. The molecule has 1 unspecified atom stereocenters. The van der Waals surface area contributed by atoms with E-state index in [0.29, 0.717) is 5.41 Å². The molecule has 1 atom stereocenters. The minimum atomic E-state index is 0.495. The molecule has 0 aliphatic carbocycles. The van der Waals surface area contributed by atoms with Crippen molar-refractivity contribution >= 4 is 7.85 Å². The Bertz CT molecular complexity index is 211. The lowest BCUT2D eigenvalue weighted by molar-refractivity contribution is 0.206. The zero-order valence-electron chi connectivity index (χ0n) is 12.7. The molecule has 100 valence electrons. The van der Waals surface area contributed by atoms with Crippen molar-refractivity contribution in [1.29, 1.82) is 0 Å². The van der Waals surface area contributed by atoms with Gasteiger partial charge in [0.05, 0.1) is 0 Å². The second-order valence-corrected chi connectivity index (χ2v) is 5.87. The van der Waals surface area contributed by atoms with Gasteiger partial charge in [0.15, 0.2) is 0 Å². The molecule has 0 aromatic rings. The van der Waals surface area contributed by atoms with Crippen molar-refractivity contribution in [3.8, 4) is 0 Å². The fraction of sp³-hybridized carbons (Fsp3) is 0.867. The summed E-state index contributed by atoms with van der Waals surface area (Å²) in [6, 6.07) is 0. The van der Waals surface area contributed by atoms with Gasteiger partial charge in [-0.15, -0.1) is 0 Å². The molecule has 0 bridgehead atoms. The van der Waals surface area contributed by atoms with Crippen LogP contribution < -0.4 is 5.32 Å². The molecule has 1 nitrogen and oxygen atoms in total. The third-order valence-corrected chi connectivity index (χ3v) is 4.17. The third-order valence-electron chi connectivity index (χ3n) is 4.17. The summed E-state index contributed by atoms with van der Waals surface area (Å²) >= 11 is 0. The summed E-state index contributed by atoms with van der Waals surface area (Å²) in [6.07, 6.45) is 7.48. The SMILES string of the molecule is BCC(CCCNC(=C)CCC)C(C)(C)CC. The van der Waals surface area contributed by atoms with Crippen LogP contribution in [0.3, 0.4) is 0 Å². The van der Waals surface area contributed by atoms with E-state index in [0.717, 1.165) is 18.9 Å². The van der Waals surface area contributed by atoms with Gasteiger partial charge in [-0.2, -0.15) is 0 Å². The van der Waals surface area contributed by atoms with Gasteiger partial charge < -0.3 is 5.32 Å². The van der Waals surface area contributed by atoms with Crippen molar-refractivity contribution in [1.82, 2.24) is 5.32 Å². The van der Waals surface area contributed by atoms with Gasteiger partial charge in [-0.25, -0.2) is 0 Å². The minimum absolute atomic E-state index is 0.495. The molecule has 0 rings (SSSR count). The Morgan fingerprint density at radius 2 is 2.00 bits per heavy atom. The Balaban J connectivity index is 3.82. The number of hydrogen-bond acceptors (Lipinski definition) is 1. The lowest BCUT2D eigenvalue weighted by atomic mass is 9.69.